The molecule has 3 rings (SSSR count). The average molecular weight is 368 g/mol. The molecule has 1 aliphatic rings. The largest absolute Gasteiger partial charge is 0.384 e. The summed E-state index contributed by atoms with van der Waals surface area (Å²) < 4.78 is 42.5. The van der Waals surface area contributed by atoms with Crippen LogP contribution < -0.4 is 0 Å². The molecule has 0 radical (unpaired) electrons. The van der Waals surface area contributed by atoms with Gasteiger partial charge in [0.2, 0.25) is 0 Å². The van der Waals surface area contributed by atoms with E-state index >= 15 is 0 Å². The number of likely N-dealkylation sites (tertiary alicyclic amines) is 1. The summed E-state index contributed by atoms with van der Waals surface area (Å²) in [7, 11) is 0. The maximum atomic E-state index is 13.8. The molecule has 1 N–H and O–H groups in total. The third-order valence-corrected chi connectivity index (χ3v) is 4.52. The summed E-state index contributed by atoms with van der Waals surface area (Å²) in [4.78, 5) is 13.7. The predicted molar refractivity (Wildman–Crippen MR) is 85.8 cm³/mol. The Hall–Kier alpha value is -2.42. The van der Waals surface area contributed by atoms with Gasteiger partial charge in [-0.25, -0.2) is 17.9 Å². The van der Waals surface area contributed by atoms with Crippen LogP contribution in [0.25, 0.3) is 0 Å². The van der Waals surface area contributed by atoms with Gasteiger partial charge in [-0.15, -0.1) is 5.10 Å². The molecule has 0 saturated carbocycles. The van der Waals surface area contributed by atoms with Crippen molar-refractivity contribution in [2.45, 2.75) is 38.3 Å². The van der Waals surface area contributed by atoms with Crippen LogP contribution in [0.5, 0.6) is 0 Å². The molecule has 6 nitrogen and oxygen atoms in total. The number of nitrogens with zero attached hydrogens (tertiary/aromatic N) is 4. The van der Waals surface area contributed by atoms with Gasteiger partial charge < -0.3 is 10.0 Å². The van der Waals surface area contributed by atoms with Crippen LogP contribution in [0.3, 0.4) is 0 Å². The Labute approximate surface area is 148 Å². The van der Waals surface area contributed by atoms with Crippen LogP contribution in [0.4, 0.5) is 13.2 Å². The third kappa shape index (κ3) is 3.44. The van der Waals surface area contributed by atoms with E-state index in [2.05, 4.69) is 10.3 Å². The number of hydrogen-bond donors (Lipinski definition) is 1. The van der Waals surface area contributed by atoms with Crippen molar-refractivity contribution in [3.8, 4) is 0 Å². The predicted octanol–water partition coefficient (Wildman–Crippen LogP) is 2.40. The molecule has 0 aliphatic carbocycles. The van der Waals surface area contributed by atoms with E-state index in [0.717, 1.165) is 6.07 Å². The quantitative estimate of drug-likeness (QED) is 0.845. The van der Waals surface area contributed by atoms with Crippen LogP contribution in [0.2, 0.25) is 0 Å². The fourth-order valence-electron chi connectivity index (χ4n) is 2.95. The molecule has 1 fully saturated rings. The lowest BCUT2D eigenvalue weighted by molar-refractivity contribution is 0.0678. The zero-order valence-corrected chi connectivity index (χ0v) is 14.4. The van der Waals surface area contributed by atoms with Gasteiger partial charge in [-0.1, -0.05) is 5.21 Å². The summed E-state index contributed by atoms with van der Waals surface area (Å²) in [6.07, 6.45) is 2.64. The number of amides is 1. The minimum Gasteiger partial charge on any atom is -0.384 e. The van der Waals surface area contributed by atoms with E-state index in [1.807, 2.05) is 0 Å². The van der Waals surface area contributed by atoms with Gasteiger partial charge in [0, 0.05) is 13.1 Å². The van der Waals surface area contributed by atoms with E-state index in [1.165, 1.54) is 4.90 Å². The second-order valence-corrected chi connectivity index (χ2v) is 6.88. The molecule has 1 aromatic heterocycles. The molecule has 0 unspecified atom stereocenters. The van der Waals surface area contributed by atoms with E-state index in [0.29, 0.717) is 24.6 Å². The van der Waals surface area contributed by atoms with Crippen molar-refractivity contribution in [2.24, 2.45) is 0 Å². The Balaban J connectivity index is 1.70. The molecule has 9 heteroatoms. The summed E-state index contributed by atoms with van der Waals surface area (Å²) in [5, 5.41) is 17.9. The molecular formula is C17H19F3N4O2. The third-order valence-electron chi connectivity index (χ3n) is 4.52. The molecule has 26 heavy (non-hydrogen) atoms. The fourth-order valence-corrected chi connectivity index (χ4v) is 2.95. The van der Waals surface area contributed by atoms with Crippen LogP contribution in [0.1, 0.15) is 48.8 Å². The van der Waals surface area contributed by atoms with Gasteiger partial charge in [-0.2, -0.15) is 0 Å². The van der Waals surface area contributed by atoms with Crippen molar-refractivity contribution in [1.82, 2.24) is 19.9 Å². The molecule has 1 aliphatic heterocycles. The van der Waals surface area contributed by atoms with Crippen LogP contribution >= 0.6 is 0 Å². The summed E-state index contributed by atoms with van der Waals surface area (Å²) in [6.45, 7) is 3.70. The zero-order chi connectivity index (χ0) is 19.1. The molecule has 0 bridgehead atoms. The number of benzene rings is 1. The fraction of sp³-hybridized carbons (Fsp3) is 0.471. The summed E-state index contributed by atoms with van der Waals surface area (Å²) >= 11 is 0. The molecule has 1 saturated heterocycles. The molecule has 1 amide bonds. The first-order chi connectivity index (χ1) is 12.2. The number of rotatable bonds is 3. The highest BCUT2D eigenvalue weighted by molar-refractivity contribution is 5.94. The molecule has 0 spiro atoms. The van der Waals surface area contributed by atoms with Crippen LogP contribution in [0.15, 0.2) is 18.3 Å². The Morgan fingerprint density at radius 2 is 1.81 bits per heavy atom. The van der Waals surface area contributed by atoms with Crippen LogP contribution in [-0.4, -0.2) is 44.0 Å². The zero-order valence-electron chi connectivity index (χ0n) is 14.4. The van der Waals surface area contributed by atoms with Crippen LogP contribution in [0, 0.1) is 17.5 Å². The van der Waals surface area contributed by atoms with E-state index in [9.17, 15) is 23.1 Å². The average Bonchev–Trinajstić information content (AvgIpc) is 3.09. The number of carbonyl (C=O) groups excluding carboxylic acids is 1. The Morgan fingerprint density at radius 3 is 2.38 bits per heavy atom. The minimum absolute atomic E-state index is 0.0511. The first-order valence-electron chi connectivity index (χ1n) is 8.26. The molecule has 0 atom stereocenters. The van der Waals surface area contributed by atoms with Crippen molar-refractivity contribution in [3.05, 3.63) is 47.0 Å². The first kappa shape index (κ1) is 18.4. The number of hydrogen-bond acceptors (Lipinski definition) is 4. The lowest BCUT2D eigenvalue weighted by atomic mass is 10.0. The molecule has 1 aromatic carbocycles. The van der Waals surface area contributed by atoms with Crippen molar-refractivity contribution in [3.63, 3.8) is 0 Å². The molecule has 2 heterocycles. The van der Waals surface area contributed by atoms with Crippen LogP contribution in [-0.2, 0) is 5.60 Å². The monoisotopic (exact) mass is 368 g/mol. The molecular weight excluding hydrogens is 349 g/mol. The van der Waals surface area contributed by atoms with Crippen molar-refractivity contribution < 1.29 is 23.1 Å². The highest BCUT2D eigenvalue weighted by Gasteiger charge is 2.30. The lowest BCUT2D eigenvalue weighted by Gasteiger charge is -2.32. The van der Waals surface area contributed by atoms with Crippen molar-refractivity contribution in [1.29, 1.82) is 0 Å². The van der Waals surface area contributed by atoms with E-state index in [-0.39, 0.29) is 19.1 Å². The number of halogens is 3. The maximum absolute atomic E-state index is 13.8. The van der Waals surface area contributed by atoms with Gasteiger partial charge in [0.25, 0.3) is 5.91 Å². The smallest absolute Gasteiger partial charge is 0.259 e. The summed E-state index contributed by atoms with van der Waals surface area (Å²) in [6, 6.07) is 1.34. The number of carbonyl (C=O) groups is 1. The van der Waals surface area contributed by atoms with E-state index in [4.69, 9.17) is 0 Å². The molecule has 2 aromatic rings. The summed E-state index contributed by atoms with van der Waals surface area (Å²) in [5.74, 6) is -4.68. The Kier molecular flexibility index (Phi) is 4.74. The Morgan fingerprint density at radius 1 is 1.19 bits per heavy atom. The highest BCUT2D eigenvalue weighted by atomic mass is 19.2. The van der Waals surface area contributed by atoms with Gasteiger partial charge in [-0.05, 0) is 38.8 Å². The normalized spacial score (nSPS) is 16.2. The number of piperidine rings is 1. The maximum Gasteiger partial charge on any atom is 0.259 e. The van der Waals surface area contributed by atoms with Crippen molar-refractivity contribution in [2.75, 3.05) is 13.1 Å². The van der Waals surface area contributed by atoms with E-state index < -0.39 is 34.5 Å². The SMILES string of the molecule is CC(C)(O)c1cn(C2CCN(C(=O)c3c(F)ccc(F)c3F)CC2)nn1. The minimum atomic E-state index is -1.47. The number of aliphatic hydroxyl groups is 1. The second kappa shape index (κ2) is 6.71. The summed E-state index contributed by atoms with van der Waals surface area (Å²) in [5.41, 5.74) is -1.55. The van der Waals surface area contributed by atoms with E-state index in [1.54, 1.807) is 24.7 Å². The van der Waals surface area contributed by atoms with Gasteiger partial charge in [0.1, 0.15) is 22.7 Å². The Bertz CT molecular complexity index is 824. The van der Waals surface area contributed by atoms with Gasteiger partial charge in [0.15, 0.2) is 11.6 Å². The van der Waals surface area contributed by atoms with Gasteiger partial charge >= 0.3 is 0 Å². The second-order valence-electron chi connectivity index (χ2n) is 6.88. The standard InChI is InChI=1S/C17H19F3N4O2/c1-17(2,26)13-9-24(22-21-13)10-5-7-23(8-6-10)16(25)14-11(18)3-4-12(19)15(14)20/h3-4,9-10,26H,5-8H2,1-2H3. The highest BCUT2D eigenvalue weighted by Crippen LogP contribution is 2.26. The topological polar surface area (TPSA) is 71.2 Å². The molecule has 140 valence electrons. The van der Waals surface area contributed by atoms with Crippen molar-refractivity contribution >= 4 is 5.91 Å². The first-order valence-corrected chi connectivity index (χ1v) is 8.26. The van der Waals surface area contributed by atoms with Gasteiger partial charge in [0.05, 0.1) is 12.2 Å². The number of aromatic nitrogens is 3. The van der Waals surface area contributed by atoms with Gasteiger partial charge in [-0.3, -0.25) is 4.79 Å². The lowest BCUT2D eigenvalue weighted by Crippen LogP contribution is -2.40.